The Morgan fingerprint density at radius 2 is 1.94 bits per heavy atom. The molecule has 2 N–H and O–H groups in total. The molecule has 1 unspecified atom stereocenters. The molecule has 0 saturated carbocycles. The van der Waals surface area contributed by atoms with E-state index in [1.165, 1.54) is 5.56 Å². The van der Waals surface area contributed by atoms with E-state index in [9.17, 15) is 0 Å². The number of ether oxygens (including phenoxy) is 1. The molecule has 0 amide bonds. The zero-order valence-corrected chi connectivity index (χ0v) is 20.8. The highest BCUT2D eigenvalue weighted by Crippen LogP contribution is 2.39. The van der Waals surface area contributed by atoms with Gasteiger partial charge in [0.05, 0.1) is 23.1 Å². The summed E-state index contributed by atoms with van der Waals surface area (Å²) in [5.41, 5.74) is 14.7. The minimum atomic E-state index is -0.239. The second-order valence-corrected chi connectivity index (χ2v) is 10.1. The summed E-state index contributed by atoms with van der Waals surface area (Å²) in [5.74, 6) is 0.956. The first-order chi connectivity index (χ1) is 16.2. The zero-order chi connectivity index (χ0) is 24.2. The van der Waals surface area contributed by atoms with Crippen LogP contribution in [-0.2, 0) is 18.5 Å². The van der Waals surface area contributed by atoms with Crippen molar-refractivity contribution < 1.29 is 4.74 Å². The van der Waals surface area contributed by atoms with E-state index in [-0.39, 0.29) is 11.6 Å². The van der Waals surface area contributed by atoms with Crippen molar-refractivity contribution in [3.8, 4) is 28.3 Å². The van der Waals surface area contributed by atoms with Crippen LogP contribution in [0.5, 0.6) is 5.75 Å². The van der Waals surface area contributed by atoms with Gasteiger partial charge in [-0.05, 0) is 47.6 Å². The largest absolute Gasteiger partial charge is 0.482 e. The summed E-state index contributed by atoms with van der Waals surface area (Å²) >= 11 is 0. The molecule has 4 heterocycles. The van der Waals surface area contributed by atoms with E-state index in [4.69, 9.17) is 15.6 Å². The predicted octanol–water partition coefficient (Wildman–Crippen LogP) is 5.52. The van der Waals surface area contributed by atoms with Crippen molar-refractivity contribution in [1.29, 1.82) is 0 Å². The average Bonchev–Trinajstić information content (AvgIpc) is 3.39. The first-order valence-electron chi connectivity index (χ1n) is 11.8. The Balaban J connectivity index is 1.82. The Bertz CT molecular complexity index is 1370. The fraction of sp³-hybridized carbons (Fsp3) is 0.370. The lowest BCUT2D eigenvalue weighted by molar-refractivity contribution is 0.228. The third-order valence-corrected chi connectivity index (χ3v) is 6.43. The molecular formula is C27H32N6O. The van der Waals surface area contributed by atoms with E-state index in [1.54, 1.807) is 0 Å². The number of nitrogen functional groups attached to an aromatic ring is 1. The molecule has 0 radical (unpaired) electrons. The average molecular weight is 457 g/mol. The zero-order valence-electron chi connectivity index (χ0n) is 20.8. The molecule has 3 aromatic heterocycles. The van der Waals surface area contributed by atoms with E-state index >= 15 is 0 Å². The molecule has 0 spiro atoms. The summed E-state index contributed by atoms with van der Waals surface area (Å²) in [5, 5.41) is 9.77. The summed E-state index contributed by atoms with van der Waals surface area (Å²) in [6.45, 7) is 13.5. The maximum Gasteiger partial charge on any atom is 0.166 e. The number of nitrogens with zero attached hydrogens (tertiary/aromatic N) is 5. The van der Waals surface area contributed by atoms with Crippen LogP contribution < -0.4 is 10.5 Å². The van der Waals surface area contributed by atoms with Gasteiger partial charge in [-0.15, -0.1) is 0 Å². The highest BCUT2D eigenvalue weighted by molar-refractivity contribution is 5.72. The van der Waals surface area contributed by atoms with Crippen molar-refractivity contribution in [3.05, 3.63) is 65.1 Å². The number of pyridine rings is 1. The Morgan fingerprint density at radius 3 is 2.68 bits per heavy atom. The molecule has 176 valence electrons. The van der Waals surface area contributed by atoms with Crippen LogP contribution in [0.2, 0.25) is 0 Å². The second-order valence-electron chi connectivity index (χ2n) is 10.1. The molecule has 4 aromatic rings. The lowest BCUT2D eigenvalue weighted by Crippen LogP contribution is -2.22. The Kier molecular flexibility index (Phi) is 5.23. The van der Waals surface area contributed by atoms with Crippen molar-refractivity contribution in [2.45, 2.75) is 66.2 Å². The van der Waals surface area contributed by atoms with Crippen molar-refractivity contribution in [1.82, 2.24) is 24.5 Å². The van der Waals surface area contributed by atoms with Gasteiger partial charge in [0.25, 0.3) is 0 Å². The number of benzene rings is 1. The molecule has 0 fully saturated rings. The van der Waals surface area contributed by atoms with Gasteiger partial charge in [0, 0.05) is 53.2 Å². The van der Waals surface area contributed by atoms with Gasteiger partial charge >= 0.3 is 0 Å². The van der Waals surface area contributed by atoms with E-state index in [0.717, 1.165) is 45.7 Å². The molecule has 34 heavy (non-hydrogen) atoms. The number of aryl methyl sites for hydroxylation is 2. The SMILES string of the molecule is CCn1ncc2c1-c1cnc(N)c(c1)OC(C)c1cc(C)ccc1-c1nn(C(C)(C)C)cc1C2. The van der Waals surface area contributed by atoms with E-state index in [1.807, 2.05) is 23.1 Å². The van der Waals surface area contributed by atoms with Gasteiger partial charge < -0.3 is 10.5 Å². The molecule has 5 rings (SSSR count). The third-order valence-electron chi connectivity index (χ3n) is 6.43. The molecule has 1 aromatic carbocycles. The molecule has 1 aliphatic heterocycles. The first kappa shape index (κ1) is 22.2. The maximum atomic E-state index is 6.44. The van der Waals surface area contributed by atoms with Crippen LogP contribution >= 0.6 is 0 Å². The molecule has 2 bridgehead atoms. The van der Waals surface area contributed by atoms with Crippen LogP contribution in [0.15, 0.2) is 42.9 Å². The van der Waals surface area contributed by atoms with Crippen LogP contribution in [0.3, 0.4) is 0 Å². The Hall–Kier alpha value is -3.61. The smallest absolute Gasteiger partial charge is 0.166 e. The van der Waals surface area contributed by atoms with Crippen LogP contribution in [-0.4, -0.2) is 24.5 Å². The summed E-state index contributed by atoms with van der Waals surface area (Å²) in [6, 6.07) is 8.46. The van der Waals surface area contributed by atoms with Crippen molar-refractivity contribution in [2.75, 3.05) is 5.73 Å². The van der Waals surface area contributed by atoms with Gasteiger partial charge in [-0.25, -0.2) is 4.98 Å². The number of fused-ring (bicyclic) bond motifs is 7. The number of aromatic nitrogens is 5. The van der Waals surface area contributed by atoms with E-state index in [2.05, 4.69) is 80.7 Å². The molecule has 1 aliphatic rings. The fourth-order valence-corrected chi connectivity index (χ4v) is 4.61. The molecule has 7 heteroatoms. The van der Waals surface area contributed by atoms with Crippen LogP contribution in [0, 0.1) is 6.92 Å². The van der Waals surface area contributed by atoms with Crippen molar-refractivity contribution >= 4 is 5.82 Å². The van der Waals surface area contributed by atoms with E-state index in [0.29, 0.717) is 18.0 Å². The van der Waals surface area contributed by atoms with Gasteiger partial charge in [-0.1, -0.05) is 23.8 Å². The monoisotopic (exact) mass is 456 g/mol. The van der Waals surface area contributed by atoms with Gasteiger partial charge in [-0.3, -0.25) is 9.36 Å². The van der Waals surface area contributed by atoms with Gasteiger partial charge in [-0.2, -0.15) is 10.2 Å². The molecular weight excluding hydrogens is 424 g/mol. The Labute approximate surface area is 200 Å². The lowest BCUT2D eigenvalue weighted by Gasteiger charge is -2.21. The normalized spacial score (nSPS) is 15.4. The van der Waals surface area contributed by atoms with Crippen molar-refractivity contribution in [3.63, 3.8) is 0 Å². The summed E-state index contributed by atoms with van der Waals surface area (Å²) in [6.07, 6.45) is 6.41. The molecule has 0 saturated heterocycles. The van der Waals surface area contributed by atoms with Crippen molar-refractivity contribution in [2.24, 2.45) is 0 Å². The van der Waals surface area contributed by atoms with Crippen LogP contribution in [0.1, 0.15) is 63.0 Å². The maximum absolute atomic E-state index is 6.44. The predicted molar refractivity (Wildman–Crippen MR) is 135 cm³/mol. The van der Waals surface area contributed by atoms with Gasteiger partial charge in [0.15, 0.2) is 11.6 Å². The summed E-state index contributed by atoms with van der Waals surface area (Å²) in [4.78, 5) is 4.47. The highest BCUT2D eigenvalue weighted by atomic mass is 16.5. The molecule has 0 aliphatic carbocycles. The second kappa shape index (κ2) is 8.01. The first-order valence-corrected chi connectivity index (χ1v) is 11.8. The highest BCUT2D eigenvalue weighted by Gasteiger charge is 2.26. The number of rotatable bonds is 1. The third kappa shape index (κ3) is 3.75. The quantitative estimate of drug-likeness (QED) is 0.408. The lowest BCUT2D eigenvalue weighted by atomic mass is 9.93. The van der Waals surface area contributed by atoms with E-state index < -0.39 is 0 Å². The van der Waals surface area contributed by atoms with Gasteiger partial charge in [0.2, 0.25) is 0 Å². The topological polar surface area (TPSA) is 83.8 Å². The van der Waals surface area contributed by atoms with Crippen LogP contribution in [0.4, 0.5) is 5.82 Å². The fourth-order valence-electron chi connectivity index (χ4n) is 4.61. The molecule has 1 atom stereocenters. The minimum absolute atomic E-state index is 0.143. The number of hydrogen-bond acceptors (Lipinski definition) is 5. The number of hydrogen-bond donors (Lipinski definition) is 1. The van der Waals surface area contributed by atoms with Crippen LogP contribution in [0.25, 0.3) is 22.5 Å². The Morgan fingerprint density at radius 1 is 1.15 bits per heavy atom. The minimum Gasteiger partial charge on any atom is -0.482 e. The number of anilines is 1. The number of nitrogens with two attached hydrogens (primary N) is 1. The van der Waals surface area contributed by atoms with Gasteiger partial charge in [0.1, 0.15) is 6.10 Å². The summed E-state index contributed by atoms with van der Waals surface area (Å²) in [7, 11) is 0. The molecule has 7 nitrogen and oxygen atoms in total. The standard InChI is InChI=1S/C27H32N6O/c1-7-32-25-18(14-30-32)11-20-15-33(27(4,5)6)31-24(20)21-9-8-16(2)10-22(21)17(3)34-23-12-19(25)13-29-26(23)28/h8-10,12-15,17H,7,11H2,1-6H3,(H2,28,29). The summed E-state index contributed by atoms with van der Waals surface area (Å²) < 4.78 is 10.5.